The quantitative estimate of drug-likeness (QED) is 0.885. The standard InChI is InChI=1S/C13H16ClFN6/c1-4-16-11-18-12(20-13(19-11)21(2)3)17-8-5-6-10(15)9(14)7-8/h5-7H,4H2,1-3H3,(H2,16,17,18,19,20). The van der Waals surface area contributed by atoms with Crippen molar-refractivity contribution in [1.29, 1.82) is 0 Å². The maximum atomic E-state index is 13.2. The minimum atomic E-state index is -0.472. The van der Waals surface area contributed by atoms with E-state index in [2.05, 4.69) is 25.6 Å². The van der Waals surface area contributed by atoms with E-state index in [1.807, 2.05) is 21.0 Å². The van der Waals surface area contributed by atoms with Crippen LogP contribution in [0.5, 0.6) is 0 Å². The molecule has 2 aromatic rings. The van der Waals surface area contributed by atoms with Gasteiger partial charge in [-0.1, -0.05) is 11.6 Å². The van der Waals surface area contributed by atoms with E-state index < -0.39 is 5.82 Å². The molecule has 0 spiro atoms. The van der Waals surface area contributed by atoms with E-state index in [9.17, 15) is 4.39 Å². The molecule has 0 aliphatic carbocycles. The van der Waals surface area contributed by atoms with E-state index in [-0.39, 0.29) is 5.02 Å². The highest BCUT2D eigenvalue weighted by Crippen LogP contribution is 2.22. The first-order valence-corrected chi connectivity index (χ1v) is 6.76. The average Bonchev–Trinajstić information content (AvgIpc) is 2.43. The van der Waals surface area contributed by atoms with Gasteiger partial charge in [0.05, 0.1) is 5.02 Å². The molecule has 0 atom stereocenters. The predicted molar refractivity (Wildman–Crippen MR) is 83.0 cm³/mol. The van der Waals surface area contributed by atoms with Gasteiger partial charge in [0.1, 0.15) is 5.82 Å². The van der Waals surface area contributed by atoms with Gasteiger partial charge in [0, 0.05) is 26.3 Å². The molecule has 112 valence electrons. The summed E-state index contributed by atoms with van der Waals surface area (Å²) in [7, 11) is 3.67. The summed E-state index contributed by atoms with van der Waals surface area (Å²) in [5, 5.41) is 6.06. The molecule has 1 aromatic heterocycles. The number of nitrogens with one attached hydrogen (secondary N) is 2. The van der Waals surface area contributed by atoms with Gasteiger partial charge in [0.25, 0.3) is 0 Å². The lowest BCUT2D eigenvalue weighted by Gasteiger charge is -2.14. The summed E-state index contributed by atoms with van der Waals surface area (Å²) < 4.78 is 13.2. The van der Waals surface area contributed by atoms with E-state index in [4.69, 9.17) is 11.6 Å². The highest BCUT2D eigenvalue weighted by atomic mass is 35.5. The molecular weight excluding hydrogens is 295 g/mol. The van der Waals surface area contributed by atoms with Crippen molar-refractivity contribution in [2.75, 3.05) is 36.2 Å². The Kier molecular flexibility index (Phi) is 4.74. The van der Waals surface area contributed by atoms with Crippen LogP contribution in [0.1, 0.15) is 6.92 Å². The fourth-order valence-corrected chi connectivity index (χ4v) is 1.74. The van der Waals surface area contributed by atoms with Crippen LogP contribution < -0.4 is 15.5 Å². The van der Waals surface area contributed by atoms with Crippen LogP contribution in [0.3, 0.4) is 0 Å². The van der Waals surface area contributed by atoms with Crippen LogP contribution >= 0.6 is 11.6 Å². The molecule has 0 unspecified atom stereocenters. The van der Waals surface area contributed by atoms with Crippen LogP contribution in [-0.4, -0.2) is 35.6 Å². The molecule has 1 aromatic carbocycles. The highest BCUT2D eigenvalue weighted by Gasteiger charge is 2.09. The number of rotatable bonds is 5. The minimum absolute atomic E-state index is 0.0359. The van der Waals surface area contributed by atoms with Gasteiger partial charge in [-0.3, -0.25) is 0 Å². The Labute approximate surface area is 127 Å². The fraction of sp³-hybridized carbons (Fsp3) is 0.308. The summed E-state index contributed by atoms with van der Waals surface area (Å²) in [5.41, 5.74) is 0.597. The number of hydrogen-bond acceptors (Lipinski definition) is 6. The number of hydrogen-bond donors (Lipinski definition) is 2. The summed E-state index contributed by atoms with van der Waals surface area (Å²) in [6.07, 6.45) is 0. The molecule has 0 fully saturated rings. The summed E-state index contributed by atoms with van der Waals surface area (Å²) in [4.78, 5) is 14.6. The number of aromatic nitrogens is 3. The van der Waals surface area contributed by atoms with Gasteiger partial charge in [0.2, 0.25) is 17.8 Å². The van der Waals surface area contributed by atoms with Crippen molar-refractivity contribution in [1.82, 2.24) is 15.0 Å². The Hall–Kier alpha value is -2.15. The molecule has 0 saturated carbocycles. The number of benzene rings is 1. The first-order chi connectivity index (χ1) is 9.99. The van der Waals surface area contributed by atoms with Crippen LogP contribution in [0.4, 0.5) is 27.9 Å². The molecule has 2 N–H and O–H groups in total. The normalized spacial score (nSPS) is 10.3. The summed E-state index contributed by atoms with van der Waals surface area (Å²) in [5.74, 6) is 0.857. The Balaban J connectivity index is 2.31. The molecule has 0 amide bonds. The predicted octanol–water partition coefficient (Wildman–Crippen LogP) is 2.91. The van der Waals surface area contributed by atoms with Gasteiger partial charge in [-0.25, -0.2) is 4.39 Å². The third-order valence-corrected chi connectivity index (χ3v) is 2.82. The van der Waals surface area contributed by atoms with Crippen molar-refractivity contribution >= 4 is 35.1 Å². The second-order valence-electron chi connectivity index (χ2n) is 4.46. The smallest absolute Gasteiger partial charge is 0.233 e. The van der Waals surface area contributed by atoms with Crippen LogP contribution in [0.2, 0.25) is 5.02 Å². The van der Waals surface area contributed by atoms with Crippen LogP contribution in [0.25, 0.3) is 0 Å². The van der Waals surface area contributed by atoms with Crippen molar-refractivity contribution in [2.45, 2.75) is 6.92 Å². The molecule has 0 saturated heterocycles. The maximum absolute atomic E-state index is 13.2. The summed E-state index contributed by atoms with van der Waals surface area (Å²) in [6.45, 7) is 2.64. The largest absolute Gasteiger partial charge is 0.354 e. The zero-order chi connectivity index (χ0) is 15.4. The number of nitrogens with zero attached hydrogens (tertiary/aromatic N) is 4. The molecule has 8 heteroatoms. The topological polar surface area (TPSA) is 66.0 Å². The maximum Gasteiger partial charge on any atom is 0.233 e. The number of anilines is 4. The Morgan fingerprint density at radius 2 is 1.90 bits per heavy atom. The van der Waals surface area contributed by atoms with Crippen LogP contribution in [0, 0.1) is 5.82 Å². The SMILES string of the molecule is CCNc1nc(Nc2ccc(F)c(Cl)c2)nc(N(C)C)n1. The van der Waals surface area contributed by atoms with E-state index in [0.717, 1.165) is 0 Å². The second-order valence-corrected chi connectivity index (χ2v) is 4.87. The second kappa shape index (κ2) is 6.53. The molecule has 0 radical (unpaired) electrons. The van der Waals surface area contributed by atoms with Crippen molar-refractivity contribution in [3.05, 3.63) is 29.0 Å². The van der Waals surface area contributed by atoms with Crippen LogP contribution in [0.15, 0.2) is 18.2 Å². The zero-order valence-electron chi connectivity index (χ0n) is 12.0. The molecule has 0 bridgehead atoms. The summed E-state index contributed by atoms with van der Waals surface area (Å²) in [6, 6.07) is 4.32. The molecule has 0 aliphatic rings. The van der Waals surface area contributed by atoms with Crippen molar-refractivity contribution in [3.8, 4) is 0 Å². The molecular formula is C13H16ClFN6. The molecule has 6 nitrogen and oxygen atoms in total. The minimum Gasteiger partial charge on any atom is -0.354 e. The third-order valence-electron chi connectivity index (χ3n) is 2.53. The lowest BCUT2D eigenvalue weighted by Crippen LogP contribution is -2.16. The zero-order valence-corrected chi connectivity index (χ0v) is 12.7. The van der Waals surface area contributed by atoms with E-state index >= 15 is 0 Å². The molecule has 1 heterocycles. The monoisotopic (exact) mass is 310 g/mol. The van der Waals surface area contributed by atoms with Gasteiger partial charge < -0.3 is 15.5 Å². The van der Waals surface area contributed by atoms with Crippen molar-refractivity contribution < 1.29 is 4.39 Å². The van der Waals surface area contributed by atoms with Gasteiger partial charge in [-0.05, 0) is 25.1 Å². The highest BCUT2D eigenvalue weighted by molar-refractivity contribution is 6.31. The van der Waals surface area contributed by atoms with Gasteiger partial charge in [-0.15, -0.1) is 0 Å². The van der Waals surface area contributed by atoms with Gasteiger partial charge >= 0.3 is 0 Å². The summed E-state index contributed by atoms with van der Waals surface area (Å²) >= 11 is 5.75. The van der Waals surface area contributed by atoms with Crippen LogP contribution in [-0.2, 0) is 0 Å². The first kappa shape index (κ1) is 15.2. The molecule has 2 rings (SSSR count). The van der Waals surface area contributed by atoms with Gasteiger partial charge in [0.15, 0.2) is 0 Å². The van der Waals surface area contributed by atoms with Gasteiger partial charge in [-0.2, -0.15) is 15.0 Å². The van der Waals surface area contributed by atoms with Crippen molar-refractivity contribution in [3.63, 3.8) is 0 Å². The Morgan fingerprint density at radius 1 is 1.19 bits per heavy atom. The fourth-order valence-electron chi connectivity index (χ4n) is 1.56. The molecule has 21 heavy (non-hydrogen) atoms. The Morgan fingerprint density at radius 3 is 2.52 bits per heavy atom. The first-order valence-electron chi connectivity index (χ1n) is 6.39. The third kappa shape index (κ3) is 3.91. The van der Waals surface area contributed by atoms with E-state index in [0.29, 0.717) is 30.1 Å². The lowest BCUT2D eigenvalue weighted by molar-refractivity contribution is 0.628. The van der Waals surface area contributed by atoms with E-state index in [1.54, 1.807) is 11.0 Å². The van der Waals surface area contributed by atoms with E-state index in [1.165, 1.54) is 12.1 Å². The average molecular weight is 311 g/mol. The number of halogens is 2. The lowest BCUT2D eigenvalue weighted by atomic mass is 10.3. The van der Waals surface area contributed by atoms with Crippen molar-refractivity contribution in [2.24, 2.45) is 0 Å². The Bertz CT molecular complexity index is 634. The molecule has 0 aliphatic heterocycles.